The van der Waals surface area contributed by atoms with Crippen molar-refractivity contribution in [3.63, 3.8) is 0 Å². The molecule has 1 N–H and O–H groups in total. The fraction of sp³-hybridized carbons (Fsp3) is 0.267. The highest BCUT2D eigenvalue weighted by atomic mass is 79.9. The second kappa shape index (κ2) is 7.92. The highest BCUT2D eigenvalue weighted by molar-refractivity contribution is 9.10. The molecule has 19 heavy (non-hydrogen) atoms. The number of halogens is 1. The summed E-state index contributed by atoms with van der Waals surface area (Å²) in [6, 6.07) is 15.8. The van der Waals surface area contributed by atoms with Crippen molar-refractivity contribution >= 4 is 15.9 Å². The van der Waals surface area contributed by atoms with Crippen LogP contribution in [0.15, 0.2) is 53.1 Å². The first kappa shape index (κ1) is 14.0. The van der Waals surface area contributed by atoms with E-state index in [-0.39, 0.29) is 0 Å². The molecule has 0 aliphatic rings. The molecule has 0 unspecified atom stereocenters. The van der Waals surface area contributed by atoms with Gasteiger partial charge in [-0.1, -0.05) is 24.3 Å². The summed E-state index contributed by atoms with van der Waals surface area (Å²) in [5.74, 6) is 0.927. The molecule has 0 aliphatic heterocycles. The third kappa shape index (κ3) is 5.41. The standard InChI is InChI=1S/C15H17BrN2O/c16-15-9-4-6-13(18-15)12-17-10-5-11-19-14-7-2-1-3-8-14/h1-4,6-9,17H,5,10-12H2. The average molecular weight is 321 g/mol. The molecule has 0 saturated carbocycles. The zero-order valence-electron chi connectivity index (χ0n) is 10.7. The average Bonchev–Trinajstić information content (AvgIpc) is 2.44. The largest absolute Gasteiger partial charge is 0.494 e. The molecule has 0 fully saturated rings. The van der Waals surface area contributed by atoms with Crippen LogP contribution in [0.4, 0.5) is 0 Å². The van der Waals surface area contributed by atoms with E-state index in [1.807, 2.05) is 48.5 Å². The van der Waals surface area contributed by atoms with E-state index in [4.69, 9.17) is 4.74 Å². The monoisotopic (exact) mass is 320 g/mol. The van der Waals surface area contributed by atoms with E-state index >= 15 is 0 Å². The van der Waals surface area contributed by atoms with Gasteiger partial charge < -0.3 is 10.1 Å². The highest BCUT2D eigenvalue weighted by Crippen LogP contribution is 2.08. The summed E-state index contributed by atoms with van der Waals surface area (Å²) in [6.45, 7) is 2.43. The van der Waals surface area contributed by atoms with Gasteiger partial charge in [0.25, 0.3) is 0 Å². The first-order valence-electron chi connectivity index (χ1n) is 6.34. The van der Waals surface area contributed by atoms with Crippen molar-refractivity contribution < 1.29 is 4.74 Å². The van der Waals surface area contributed by atoms with Crippen LogP contribution < -0.4 is 10.1 Å². The van der Waals surface area contributed by atoms with E-state index in [0.29, 0.717) is 0 Å². The molecule has 2 rings (SSSR count). The van der Waals surface area contributed by atoms with Gasteiger partial charge in [-0.2, -0.15) is 0 Å². The van der Waals surface area contributed by atoms with Gasteiger partial charge in [0, 0.05) is 6.54 Å². The van der Waals surface area contributed by atoms with Crippen LogP contribution in [0.2, 0.25) is 0 Å². The molecule has 1 aromatic carbocycles. The van der Waals surface area contributed by atoms with Gasteiger partial charge in [-0.25, -0.2) is 4.98 Å². The number of pyridine rings is 1. The number of aromatic nitrogens is 1. The molecule has 3 nitrogen and oxygen atoms in total. The molecule has 0 bridgehead atoms. The van der Waals surface area contributed by atoms with Gasteiger partial charge in [0.15, 0.2) is 0 Å². The lowest BCUT2D eigenvalue weighted by Gasteiger charge is -2.07. The Morgan fingerprint density at radius 2 is 1.89 bits per heavy atom. The quantitative estimate of drug-likeness (QED) is 0.627. The molecular weight excluding hydrogens is 304 g/mol. The summed E-state index contributed by atoms with van der Waals surface area (Å²) in [6.07, 6.45) is 0.975. The molecule has 0 radical (unpaired) electrons. The summed E-state index contributed by atoms with van der Waals surface area (Å²) >= 11 is 3.36. The van der Waals surface area contributed by atoms with Gasteiger partial charge in [0.1, 0.15) is 10.4 Å². The molecule has 100 valence electrons. The fourth-order valence-electron chi connectivity index (χ4n) is 1.67. The first-order chi connectivity index (χ1) is 9.34. The number of hydrogen-bond acceptors (Lipinski definition) is 3. The van der Waals surface area contributed by atoms with E-state index in [1.165, 1.54) is 0 Å². The predicted molar refractivity (Wildman–Crippen MR) is 80.2 cm³/mol. The minimum Gasteiger partial charge on any atom is -0.494 e. The molecule has 0 amide bonds. The molecule has 4 heteroatoms. The van der Waals surface area contributed by atoms with Gasteiger partial charge in [0.05, 0.1) is 12.3 Å². The van der Waals surface area contributed by atoms with Gasteiger partial charge in [-0.15, -0.1) is 0 Å². The third-order valence-corrected chi connectivity index (χ3v) is 3.03. The number of rotatable bonds is 7. The van der Waals surface area contributed by atoms with Crippen LogP contribution in [-0.4, -0.2) is 18.1 Å². The van der Waals surface area contributed by atoms with E-state index in [9.17, 15) is 0 Å². The highest BCUT2D eigenvalue weighted by Gasteiger charge is 1.96. The molecular formula is C15H17BrN2O. The molecule has 1 heterocycles. The summed E-state index contributed by atoms with van der Waals surface area (Å²) in [5, 5.41) is 3.35. The van der Waals surface area contributed by atoms with Crippen molar-refractivity contribution in [3.8, 4) is 5.75 Å². The van der Waals surface area contributed by atoms with E-state index in [1.54, 1.807) is 0 Å². The minimum atomic E-state index is 0.725. The second-order valence-electron chi connectivity index (χ2n) is 4.14. The Hall–Kier alpha value is -1.39. The van der Waals surface area contributed by atoms with Gasteiger partial charge in [-0.3, -0.25) is 0 Å². The van der Waals surface area contributed by atoms with Crippen molar-refractivity contribution in [3.05, 3.63) is 58.8 Å². The van der Waals surface area contributed by atoms with Crippen molar-refractivity contribution in [2.45, 2.75) is 13.0 Å². The number of nitrogens with one attached hydrogen (secondary N) is 1. The van der Waals surface area contributed by atoms with Crippen LogP contribution in [0.25, 0.3) is 0 Å². The van der Waals surface area contributed by atoms with Crippen LogP contribution in [0.1, 0.15) is 12.1 Å². The van der Waals surface area contributed by atoms with Crippen molar-refractivity contribution in [2.75, 3.05) is 13.2 Å². The SMILES string of the molecule is Brc1cccc(CNCCCOc2ccccc2)n1. The van der Waals surface area contributed by atoms with Crippen molar-refractivity contribution in [2.24, 2.45) is 0 Å². The predicted octanol–water partition coefficient (Wildman–Crippen LogP) is 3.40. The molecule has 0 saturated heterocycles. The summed E-state index contributed by atoms with van der Waals surface area (Å²) in [5.41, 5.74) is 1.04. The van der Waals surface area contributed by atoms with Crippen LogP contribution in [0.3, 0.4) is 0 Å². The van der Waals surface area contributed by atoms with Crippen molar-refractivity contribution in [1.29, 1.82) is 0 Å². The van der Waals surface area contributed by atoms with Gasteiger partial charge in [-0.05, 0) is 53.2 Å². The number of nitrogens with zero attached hydrogens (tertiary/aromatic N) is 1. The van der Waals surface area contributed by atoms with E-state index in [0.717, 1.165) is 42.2 Å². The lowest BCUT2D eigenvalue weighted by Crippen LogP contribution is -2.17. The Balaban J connectivity index is 1.58. The molecule has 0 aliphatic carbocycles. The third-order valence-electron chi connectivity index (χ3n) is 2.59. The molecule has 2 aromatic rings. The Bertz CT molecular complexity index is 491. The number of para-hydroxylation sites is 1. The second-order valence-corrected chi connectivity index (χ2v) is 4.96. The van der Waals surface area contributed by atoms with E-state index in [2.05, 4.69) is 26.2 Å². The van der Waals surface area contributed by atoms with Crippen LogP contribution in [-0.2, 0) is 6.54 Å². The van der Waals surface area contributed by atoms with Crippen LogP contribution in [0, 0.1) is 0 Å². The van der Waals surface area contributed by atoms with Gasteiger partial charge >= 0.3 is 0 Å². The zero-order chi connectivity index (χ0) is 13.3. The minimum absolute atomic E-state index is 0.725. The fourth-order valence-corrected chi connectivity index (χ4v) is 2.05. The van der Waals surface area contributed by atoms with Crippen molar-refractivity contribution in [1.82, 2.24) is 10.3 Å². The summed E-state index contributed by atoms with van der Waals surface area (Å²) in [4.78, 5) is 4.36. The Kier molecular flexibility index (Phi) is 5.85. The maximum atomic E-state index is 5.61. The summed E-state index contributed by atoms with van der Waals surface area (Å²) < 4.78 is 6.49. The summed E-state index contributed by atoms with van der Waals surface area (Å²) in [7, 11) is 0. The topological polar surface area (TPSA) is 34.1 Å². The smallest absolute Gasteiger partial charge is 0.119 e. The maximum Gasteiger partial charge on any atom is 0.119 e. The Morgan fingerprint density at radius 3 is 2.68 bits per heavy atom. The first-order valence-corrected chi connectivity index (χ1v) is 7.14. The Labute approximate surface area is 122 Å². The number of hydrogen-bond donors (Lipinski definition) is 1. The van der Waals surface area contributed by atoms with Gasteiger partial charge in [0.2, 0.25) is 0 Å². The van der Waals surface area contributed by atoms with E-state index < -0.39 is 0 Å². The molecule has 1 aromatic heterocycles. The number of ether oxygens (including phenoxy) is 1. The maximum absolute atomic E-state index is 5.61. The van der Waals surface area contributed by atoms with Crippen LogP contribution >= 0.6 is 15.9 Å². The Morgan fingerprint density at radius 1 is 1.05 bits per heavy atom. The molecule has 0 spiro atoms. The zero-order valence-corrected chi connectivity index (χ0v) is 12.3. The lowest BCUT2D eigenvalue weighted by molar-refractivity contribution is 0.308. The lowest BCUT2D eigenvalue weighted by atomic mass is 10.3. The normalized spacial score (nSPS) is 10.4. The number of benzene rings is 1. The molecule has 0 atom stereocenters. The van der Waals surface area contributed by atoms with Crippen LogP contribution in [0.5, 0.6) is 5.75 Å².